The van der Waals surface area contributed by atoms with E-state index >= 15 is 0 Å². The summed E-state index contributed by atoms with van der Waals surface area (Å²) >= 11 is 0. The number of rotatable bonds is 7. The monoisotopic (exact) mass is 449 g/mol. The molecular formula is C25H27N3O5. The molecule has 1 amide bonds. The smallest absolute Gasteiger partial charge is 0.287 e. The molecule has 0 bridgehead atoms. The maximum Gasteiger partial charge on any atom is 0.287 e. The lowest BCUT2D eigenvalue weighted by Crippen LogP contribution is -2.46. The second-order valence-electron chi connectivity index (χ2n) is 8.07. The first-order chi connectivity index (χ1) is 16.2. The van der Waals surface area contributed by atoms with E-state index in [-0.39, 0.29) is 12.7 Å². The summed E-state index contributed by atoms with van der Waals surface area (Å²) in [4.78, 5) is 17.2. The fourth-order valence-electron chi connectivity index (χ4n) is 4.16. The van der Waals surface area contributed by atoms with Crippen molar-refractivity contribution in [2.45, 2.75) is 13.1 Å². The summed E-state index contributed by atoms with van der Waals surface area (Å²) in [6.45, 7) is 4.92. The third-order valence-corrected chi connectivity index (χ3v) is 5.95. The molecule has 172 valence electrons. The van der Waals surface area contributed by atoms with Crippen molar-refractivity contribution in [1.29, 1.82) is 0 Å². The lowest BCUT2D eigenvalue weighted by Gasteiger charge is -2.36. The number of fused-ring (bicyclic) bond motifs is 1. The van der Waals surface area contributed by atoms with Crippen molar-refractivity contribution in [2.24, 2.45) is 0 Å². The van der Waals surface area contributed by atoms with Crippen molar-refractivity contribution in [1.82, 2.24) is 10.2 Å². The number of hydrogen-bond acceptors (Lipinski definition) is 7. The Bertz CT molecular complexity index is 1120. The minimum atomic E-state index is -0.236. The van der Waals surface area contributed by atoms with Crippen LogP contribution in [0.2, 0.25) is 0 Å². The van der Waals surface area contributed by atoms with E-state index in [1.54, 1.807) is 13.2 Å². The predicted octanol–water partition coefficient (Wildman–Crippen LogP) is 3.27. The molecule has 3 aromatic rings. The molecule has 1 fully saturated rings. The van der Waals surface area contributed by atoms with Gasteiger partial charge in [-0.3, -0.25) is 9.69 Å². The van der Waals surface area contributed by atoms with Gasteiger partial charge in [-0.1, -0.05) is 18.2 Å². The van der Waals surface area contributed by atoms with Crippen LogP contribution in [0, 0.1) is 0 Å². The first kappa shape index (κ1) is 21.2. The molecule has 1 aromatic heterocycles. The van der Waals surface area contributed by atoms with E-state index in [9.17, 15) is 4.79 Å². The normalized spacial score (nSPS) is 15.5. The standard InChI is InChI=1S/C25H27N3O5/c1-30-21-5-3-2-4-20(21)28-12-10-27(11-13-28)16-19-7-9-23(33-19)25(29)26-15-18-6-8-22-24(14-18)32-17-31-22/h2-9,14H,10-13,15-17H2,1H3,(H,26,29). The summed E-state index contributed by atoms with van der Waals surface area (Å²) in [5.41, 5.74) is 2.06. The zero-order valence-corrected chi connectivity index (χ0v) is 18.6. The Morgan fingerprint density at radius 3 is 2.67 bits per heavy atom. The molecule has 3 heterocycles. The van der Waals surface area contributed by atoms with Crippen molar-refractivity contribution < 1.29 is 23.4 Å². The highest BCUT2D eigenvalue weighted by Gasteiger charge is 2.21. The largest absolute Gasteiger partial charge is 0.495 e. The van der Waals surface area contributed by atoms with E-state index in [2.05, 4.69) is 21.2 Å². The van der Waals surface area contributed by atoms with Crippen molar-refractivity contribution in [2.75, 3.05) is 45.0 Å². The van der Waals surface area contributed by atoms with E-state index in [1.165, 1.54) is 0 Å². The van der Waals surface area contributed by atoms with E-state index < -0.39 is 0 Å². The quantitative estimate of drug-likeness (QED) is 0.593. The lowest BCUT2D eigenvalue weighted by molar-refractivity contribution is 0.0919. The van der Waals surface area contributed by atoms with Gasteiger partial charge in [0.15, 0.2) is 17.3 Å². The molecule has 1 saturated heterocycles. The average molecular weight is 450 g/mol. The highest BCUT2D eigenvalue weighted by Crippen LogP contribution is 2.32. The topological polar surface area (TPSA) is 76.4 Å². The SMILES string of the molecule is COc1ccccc1N1CCN(Cc2ccc(C(=O)NCc3ccc4c(c3)OCO4)o2)CC1. The minimum absolute atomic E-state index is 0.232. The van der Waals surface area contributed by atoms with Gasteiger partial charge in [0.25, 0.3) is 5.91 Å². The molecule has 8 nitrogen and oxygen atoms in total. The number of amides is 1. The van der Waals surface area contributed by atoms with E-state index in [4.69, 9.17) is 18.6 Å². The Kier molecular flexibility index (Phi) is 6.08. The average Bonchev–Trinajstić information content (AvgIpc) is 3.52. The molecule has 1 N–H and O–H groups in total. The van der Waals surface area contributed by atoms with Gasteiger partial charge in [-0.2, -0.15) is 0 Å². The van der Waals surface area contributed by atoms with Gasteiger partial charge in [0.2, 0.25) is 6.79 Å². The van der Waals surface area contributed by atoms with Gasteiger partial charge in [0.1, 0.15) is 11.5 Å². The van der Waals surface area contributed by atoms with Crippen LogP contribution in [-0.2, 0) is 13.1 Å². The molecule has 0 aliphatic carbocycles. The first-order valence-corrected chi connectivity index (χ1v) is 11.1. The van der Waals surface area contributed by atoms with E-state index in [0.717, 1.165) is 54.7 Å². The van der Waals surface area contributed by atoms with Gasteiger partial charge < -0.3 is 28.8 Å². The second-order valence-corrected chi connectivity index (χ2v) is 8.07. The molecule has 0 atom stereocenters. The molecule has 2 aliphatic heterocycles. The van der Waals surface area contributed by atoms with Gasteiger partial charge in [0, 0.05) is 32.7 Å². The number of hydrogen-bond donors (Lipinski definition) is 1. The fourth-order valence-corrected chi connectivity index (χ4v) is 4.16. The number of carbonyl (C=O) groups excluding carboxylic acids is 1. The molecule has 8 heteroatoms. The zero-order chi connectivity index (χ0) is 22.6. The molecule has 0 saturated carbocycles. The summed E-state index contributed by atoms with van der Waals surface area (Å²) < 4.78 is 22.0. The number of anilines is 1. The Morgan fingerprint density at radius 1 is 1.00 bits per heavy atom. The minimum Gasteiger partial charge on any atom is -0.495 e. The highest BCUT2D eigenvalue weighted by molar-refractivity contribution is 5.91. The van der Waals surface area contributed by atoms with Crippen LogP contribution in [0.15, 0.2) is 59.0 Å². The third kappa shape index (κ3) is 4.75. The Labute approximate surface area is 192 Å². The lowest BCUT2D eigenvalue weighted by atomic mass is 10.2. The van der Waals surface area contributed by atoms with Crippen LogP contribution in [-0.4, -0.2) is 50.9 Å². The molecular weight excluding hydrogens is 422 g/mol. The van der Waals surface area contributed by atoms with Crippen LogP contribution < -0.4 is 24.4 Å². The number of ether oxygens (including phenoxy) is 3. The van der Waals surface area contributed by atoms with Gasteiger partial charge in [-0.15, -0.1) is 0 Å². The Morgan fingerprint density at radius 2 is 1.82 bits per heavy atom. The molecule has 33 heavy (non-hydrogen) atoms. The number of methoxy groups -OCH3 is 1. The van der Waals surface area contributed by atoms with Gasteiger partial charge in [0.05, 0.1) is 19.3 Å². The van der Waals surface area contributed by atoms with Crippen LogP contribution in [0.3, 0.4) is 0 Å². The van der Waals surface area contributed by atoms with Gasteiger partial charge in [-0.05, 0) is 42.0 Å². The second kappa shape index (κ2) is 9.46. The summed E-state index contributed by atoms with van der Waals surface area (Å²) in [7, 11) is 1.70. The number of para-hydroxylation sites is 2. The molecule has 2 aliphatic rings. The maximum atomic E-state index is 12.5. The summed E-state index contributed by atoms with van der Waals surface area (Å²) in [5.74, 6) is 3.19. The van der Waals surface area contributed by atoms with Crippen molar-refractivity contribution in [3.8, 4) is 17.2 Å². The van der Waals surface area contributed by atoms with Gasteiger partial charge >= 0.3 is 0 Å². The molecule has 0 radical (unpaired) electrons. The fraction of sp³-hybridized carbons (Fsp3) is 0.320. The van der Waals surface area contributed by atoms with Gasteiger partial charge in [-0.25, -0.2) is 0 Å². The van der Waals surface area contributed by atoms with Crippen LogP contribution in [0.5, 0.6) is 17.2 Å². The first-order valence-electron chi connectivity index (χ1n) is 11.1. The summed E-state index contributed by atoms with van der Waals surface area (Å²) in [5, 5.41) is 2.90. The zero-order valence-electron chi connectivity index (χ0n) is 18.6. The molecule has 2 aromatic carbocycles. The van der Waals surface area contributed by atoms with Crippen molar-refractivity contribution in [3.63, 3.8) is 0 Å². The molecule has 0 spiro atoms. The number of furan rings is 1. The summed E-state index contributed by atoms with van der Waals surface area (Å²) in [6, 6.07) is 17.3. The van der Waals surface area contributed by atoms with Crippen LogP contribution in [0.25, 0.3) is 0 Å². The number of nitrogens with one attached hydrogen (secondary N) is 1. The third-order valence-electron chi connectivity index (χ3n) is 5.95. The van der Waals surface area contributed by atoms with Crippen molar-refractivity contribution in [3.05, 3.63) is 71.7 Å². The van der Waals surface area contributed by atoms with E-state index in [1.807, 2.05) is 42.5 Å². The van der Waals surface area contributed by atoms with E-state index in [0.29, 0.717) is 24.6 Å². The van der Waals surface area contributed by atoms with Crippen LogP contribution in [0.1, 0.15) is 21.9 Å². The number of benzene rings is 2. The number of carbonyl (C=O) groups is 1. The summed E-state index contributed by atoms with van der Waals surface area (Å²) in [6.07, 6.45) is 0. The molecule has 5 rings (SSSR count). The highest BCUT2D eigenvalue weighted by atomic mass is 16.7. The molecule has 0 unspecified atom stereocenters. The van der Waals surface area contributed by atoms with Crippen LogP contribution >= 0.6 is 0 Å². The number of piperazine rings is 1. The van der Waals surface area contributed by atoms with Crippen molar-refractivity contribution >= 4 is 11.6 Å². The maximum absolute atomic E-state index is 12.5. The van der Waals surface area contributed by atoms with Crippen LogP contribution in [0.4, 0.5) is 5.69 Å². The number of nitrogens with zero attached hydrogens (tertiary/aromatic N) is 2. The Balaban J connectivity index is 1.12. The predicted molar refractivity (Wildman–Crippen MR) is 123 cm³/mol. The Hall–Kier alpha value is -3.65.